The van der Waals surface area contributed by atoms with Crippen molar-refractivity contribution in [3.8, 4) is 11.1 Å². The maximum atomic E-state index is 14.1. The van der Waals surface area contributed by atoms with Crippen molar-refractivity contribution in [2.45, 2.75) is 6.18 Å². The molecule has 2 amide bonds. The highest BCUT2D eigenvalue weighted by atomic mass is 32.2. The molecule has 4 rings (SSSR count). The van der Waals surface area contributed by atoms with Crippen molar-refractivity contribution in [1.29, 1.82) is 0 Å². The molecule has 0 radical (unpaired) electrons. The van der Waals surface area contributed by atoms with E-state index in [0.29, 0.717) is 16.5 Å². The minimum Gasteiger partial charge on any atom is -0.394 e. The molecule has 182 valence electrons. The number of halogens is 3. The molecule has 4 N–H and O–H groups in total. The molecule has 7 nitrogen and oxygen atoms in total. The summed E-state index contributed by atoms with van der Waals surface area (Å²) in [6.07, 6.45) is -3.15. The Hall–Kier alpha value is -3.57. The van der Waals surface area contributed by atoms with Gasteiger partial charge in [0.1, 0.15) is 5.70 Å². The zero-order chi connectivity index (χ0) is 25.2. The fourth-order valence-corrected chi connectivity index (χ4v) is 4.32. The maximum absolute atomic E-state index is 14.1. The van der Waals surface area contributed by atoms with E-state index in [4.69, 9.17) is 10.9 Å². The second kappa shape index (κ2) is 9.96. The van der Waals surface area contributed by atoms with Crippen molar-refractivity contribution >= 4 is 34.7 Å². The molecule has 0 spiro atoms. The highest BCUT2D eigenvalue weighted by molar-refractivity contribution is 8.00. The fourth-order valence-electron chi connectivity index (χ4n) is 4.07. The van der Waals surface area contributed by atoms with Crippen molar-refractivity contribution < 1.29 is 22.8 Å². The van der Waals surface area contributed by atoms with Crippen LogP contribution in [0.1, 0.15) is 15.9 Å². The Kier molecular flexibility index (Phi) is 6.99. The van der Waals surface area contributed by atoms with Crippen LogP contribution in [0.4, 0.5) is 13.2 Å². The predicted molar refractivity (Wildman–Crippen MR) is 129 cm³/mol. The first-order chi connectivity index (χ1) is 16.7. The van der Waals surface area contributed by atoms with Crippen LogP contribution in [0.3, 0.4) is 0 Å². The highest BCUT2D eigenvalue weighted by Crippen LogP contribution is 2.39. The molecule has 0 unspecified atom stereocenters. The quantitative estimate of drug-likeness (QED) is 0.418. The second-order valence-corrected chi connectivity index (χ2v) is 8.44. The van der Waals surface area contributed by atoms with Gasteiger partial charge in [-0.05, 0) is 23.8 Å². The van der Waals surface area contributed by atoms with Gasteiger partial charge in [0, 0.05) is 54.3 Å². The number of hydrogen-bond acceptors (Lipinski definition) is 6. The lowest BCUT2D eigenvalue weighted by molar-refractivity contribution is -0.137. The lowest BCUT2D eigenvalue weighted by Crippen LogP contribution is -2.51. The zero-order valence-corrected chi connectivity index (χ0v) is 19.3. The van der Waals surface area contributed by atoms with Gasteiger partial charge in [-0.15, -0.1) is 0 Å². The zero-order valence-electron chi connectivity index (χ0n) is 18.5. The molecule has 0 aliphatic carbocycles. The van der Waals surface area contributed by atoms with Gasteiger partial charge < -0.3 is 15.5 Å². The summed E-state index contributed by atoms with van der Waals surface area (Å²) in [5.74, 6) is -0.936. The smallest absolute Gasteiger partial charge is 0.394 e. The summed E-state index contributed by atoms with van der Waals surface area (Å²) in [5.41, 5.74) is 5.42. The predicted octanol–water partition coefficient (Wildman–Crippen LogP) is 3.61. The molecule has 1 aliphatic heterocycles. The van der Waals surface area contributed by atoms with E-state index in [0.717, 1.165) is 18.0 Å². The molecule has 35 heavy (non-hydrogen) atoms. The van der Waals surface area contributed by atoms with Crippen LogP contribution in [-0.4, -0.2) is 52.8 Å². The van der Waals surface area contributed by atoms with Crippen molar-refractivity contribution in [3.63, 3.8) is 0 Å². The van der Waals surface area contributed by atoms with Crippen LogP contribution in [0.15, 0.2) is 65.8 Å². The summed E-state index contributed by atoms with van der Waals surface area (Å²) in [4.78, 5) is 32.5. The molecule has 3 aromatic rings. The normalized spacial score (nSPS) is 14.9. The second-order valence-electron chi connectivity index (χ2n) is 7.93. The van der Waals surface area contributed by atoms with Crippen LogP contribution in [0.25, 0.3) is 22.0 Å². The number of fused-ring (bicyclic) bond motifs is 1. The Labute approximate surface area is 203 Å². The summed E-state index contributed by atoms with van der Waals surface area (Å²) in [7, 11) is 0. The number of hydrogen-bond donors (Lipinski definition) is 2. The summed E-state index contributed by atoms with van der Waals surface area (Å²) in [6, 6.07) is 12.1. The fraction of sp³-hybridized carbons (Fsp3) is 0.208. The number of nitrogens with two attached hydrogens (primary N) is 2. The number of benzene rings is 2. The van der Waals surface area contributed by atoms with Crippen molar-refractivity contribution in [1.82, 2.24) is 14.8 Å². The summed E-state index contributed by atoms with van der Waals surface area (Å²) < 4.78 is 42.2. The third-order valence-corrected chi connectivity index (χ3v) is 6.18. The Balaban J connectivity index is 1.61. The molecule has 11 heteroatoms. The SMILES string of the molecule is NS/C=C(\N)C(=O)N1CCN(C(=O)c2ccc(-c3cccc4cccnc34)c(C(F)(F)F)c2)CC1. The van der Waals surface area contributed by atoms with Gasteiger partial charge in [-0.3, -0.25) is 19.7 Å². The van der Waals surface area contributed by atoms with E-state index in [1.54, 1.807) is 30.3 Å². The number of pyridine rings is 1. The van der Waals surface area contributed by atoms with Crippen LogP contribution in [0, 0.1) is 0 Å². The Morgan fingerprint density at radius 3 is 2.34 bits per heavy atom. The van der Waals surface area contributed by atoms with Crippen LogP contribution in [0.2, 0.25) is 0 Å². The molecular weight excluding hydrogens is 479 g/mol. The highest BCUT2D eigenvalue weighted by Gasteiger charge is 2.35. The lowest BCUT2D eigenvalue weighted by Gasteiger charge is -2.35. The van der Waals surface area contributed by atoms with E-state index in [2.05, 4.69) is 4.98 Å². The number of carbonyl (C=O) groups is 2. The largest absolute Gasteiger partial charge is 0.417 e. The minimum atomic E-state index is -4.68. The van der Waals surface area contributed by atoms with Crippen molar-refractivity contribution in [2.75, 3.05) is 26.2 Å². The molecule has 0 saturated carbocycles. The average molecular weight is 502 g/mol. The van der Waals surface area contributed by atoms with Crippen LogP contribution >= 0.6 is 11.9 Å². The first-order valence-electron chi connectivity index (χ1n) is 10.7. The number of rotatable bonds is 4. The third kappa shape index (κ3) is 5.10. The standard InChI is InChI=1S/C24H22F3N5O2S/c25-24(26,27)19-13-16(6-7-17(19)18-5-1-3-15-4-2-8-30-21(15)18)22(33)31-9-11-32(12-10-31)23(34)20(28)14-35-29/h1-8,13-14H,9-12,28-29H2/b20-14-. The molecule has 0 atom stereocenters. The number of nitrogens with zero attached hydrogens (tertiary/aromatic N) is 3. The van der Waals surface area contributed by atoms with E-state index in [-0.39, 0.29) is 43.0 Å². The summed E-state index contributed by atoms with van der Waals surface area (Å²) in [6.45, 7) is 0.758. The Morgan fingerprint density at radius 1 is 0.971 bits per heavy atom. The van der Waals surface area contributed by atoms with E-state index in [1.807, 2.05) is 0 Å². The van der Waals surface area contributed by atoms with Gasteiger partial charge in [-0.1, -0.05) is 42.3 Å². The van der Waals surface area contributed by atoms with Gasteiger partial charge in [-0.25, -0.2) is 0 Å². The van der Waals surface area contributed by atoms with Crippen molar-refractivity contribution in [2.24, 2.45) is 10.9 Å². The first kappa shape index (κ1) is 24.6. The third-order valence-electron chi connectivity index (χ3n) is 5.79. The number of amides is 2. The maximum Gasteiger partial charge on any atom is 0.417 e. The monoisotopic (exact) mass is 501 g/mol. The number of alkyl halides is 3. The molecule has 0 bridgehead atoms. The lowest BCUT2D eigenvalue weighted by atomic mass is 9.94. The van der Waals surface area contributed by atoms with Crippen LogP contribution in [-0.2, 0) is 11.0 Å². The molecular formula is C24H22F3N5O2S. The molecule has 1 fully saturated rings. The van der Waals surface area contributed by atoms with Gasteiger partial charge in [0.25, 0.3) is 11.8 Å². The van der Waals surface area contributed by atoms with Gasteiger partial charge in [-0.2, -0.15) is 13.2 Å². The number of piperazine rings is 1. The number of carbonyl (C=O) groups excluding carboxylic acids is 2. The molecule has 1 aliphatic rings. The van der Waals surface area contributed by atoms with Crippen LogP contribution < -0.4 is 10.9 Å². The molecule has 1 saturated heterocycles. The van der Waals surface area contributed by atoms with E-state index >= 15 is 0 Å². The van der Waals surface area contributed by atoms with Crippen molar-refractivity contribution in [3.05, 3.63) is 77.0 Å². The number of para-hydroxylation sites is 1. The molecule has 2 aromatic carbocycles. The van der Waals surface area contributed by atoms with E-state index in [1.165, 1.54) is 33.5 Å². The van der Waals surface area contributed by atoms with E-state index in [9.17, 15) is 22.8 Å². The van der Waals surface area contributed by atoms with Gasteiger partial charge in [0.2, 0.25) is 0 Å². The Morgan fingerprint density at radius 2 is 1.66 bits per heavy atom. The van der Waals surface area contributed by atoms with Gasteiger partial charge in [0.15, 0.2) is 0 Å². The van der Waals surface area contributed by atoms with Gasteiger partial charge >= 0.3 is 6.18 Å². The number of aromatic nitrogens is 1. The van der Waals surface area contributed by atoms with E-state index < -0.39 is 23.6 Å². The summed E-state index contributed by atoms with van der Waals surface area (Å²) in [5, 5.41) is 7.33. The molecule has 2 heterocycles. The van der Waals surface area contributed by atoms with Crippen LogP contribution in [0.5, 0.6) is 0 Å². The minimum absolute atomic E-state index is 0.00869. The Bertz CT molecular complexity index is 1300. The molecule has 1 aromatic heterocycles. The summed E-state index contributed by atoms with van der Waals surface area (Å²) >= 11 is 0.813. The average Bonchev–Trinajstić information content (AvgIpc) is 2.87. The first-order valence-corrected chi connectivity index (χ1v) is 11.6. The topological polar surface area (TPSA) is 106 Å². The van der Waals surface area contributed by atoms with Gasteiger partial charge in [0.05, 0.1) is 11.1 Å².